The molecular weight excluding hydrogens is 698 g/mol. The van der Waals surface area contributed by atoms with Gasteiger partial charge in [0.15, 0.2) is 0 Å². The van der Waals surface area contributed by atoms with Crippen LogP contribution < -0.4 is 15.4 Å². The molecule has 8 atom stereocenters. The number of aliphatic hydroxyl groups excluding tert-OH is 2. The van der Waals surface area contributed by atoms with Gasteiger partial charge in [-0.3, -0.25) is 14.4 Å². The second-order valence-corrected chi connectivity index (χ2v) is 15.9. The molecule has 7 rings (SSSR count). The zero-order valence-corrected chi connectivity index (χ0v) is 31.2. The second-order valence-electron chi connectivity index (χ2n) is 15.0. The van der Waals surface area contributed by atoms with Crippen molar-refractivity contribution in [2.75, 3.05) is 20.3 Å². The average Bonchev–Trinajstić information content (AvgIpc) is 3.47. The molecule has 0 spiro atoms. The van der Waals surface area contributed by atoms with E-state index in [1.54, 1.807) is 25.2 Å². The van der Waals surface area contributed by atoms with Crippen LogP contribution in [0.25, 0.3) is 11.1 Å². The van der Waals surface area contributed by atoms with Crippen LogP contribution in [0.1, 0.15) is 62.0 Å². The first-order valence-electron chi connectivity index (χ1n) is 17.7. The van der Waals surface area contributed by atoms with Gasteiger partial charge in [-0.1, -0.05) is 85.2 Å². The molecule has 9 nitrogen and oxygen atoms in total. The number of amides is 2. The third kappa shape index (κ3) is 7.23. The number of hydroxylamine groups is 2. The molecule has 4 N–H and O–H groups in total. The van der Waals surface area contributed by atoms with Gasteiger partial charge in [0.25, 0.3) is 5.91 Å². The van der Waals surface area contributed by atoms with Gasteiger partial charge in [0.2, 0.25) is 5.91 Å². The molecule has 0 radical (unpaired) electrons. The molecule has 4 aliphatic rings. The first-order valence-corrected chi connectivity index (χ1v) is 18.5. The number of rotatable bonds is 12. The van der Waals surface area contributed by atoms with Crippen LogP contribution in [-0.2, 0) is 22.6 Å². The van der Waals surface area contributed by atoms with Crippen LogP contribution in [0, 0.1) is 29.1 Å². The molecule has 4 fully saturated rings. The number of para-hydroxylation sites is 1. The van der Waals surface area contributed by atoms with Crippen molar-refractivity contribution in [3.05, 3.63) is 87.9 Å². The van der Waals surface area contributed by atoms with E-state index in [-0.39, 0.29) is 36.4 Å². The summed E-state index contributed by atoms with van der Waals surface area (Å²) in [6.07, 6.45) is 1.23. The molecule has 0 unspecified atom stereocenters. The van der Waals surface area contributed by atoms with Gasteiger partial charge in [0, 0.05) is 39.7 Å². The van der Waals surface area contributed by atoms with Crippen molar-refractivity contribution in [1.29, 1.82) is 0 Å². The molecule has 10 heteroatoms. The molecular formula is C40H50BrN3O6. The summed E-state index contributed by atoms with van der Waals surface area (Å²) in [6.45, 7) is 8.89. The number of methoxy groups -OCH3 is 1. The van der Waals surface area contributed by atoms with E-state index in [9.17, 15) is 19.8 Å². The van der Waals surface area contributed by atoms with Gasteiger partial charge < -0.3 is 25.6 Å². The number of hydrogen-bond acceptors (Lipinski definition) is 7. The minimum absolute atomic E-state index is 0.0445. The van der Waals surface area contributed by atoms with Crippen LogP contribution >= 0.6 is 15.9 Å². The molecule has 268 valence electrons. The second kappa shape index (κ2) is 15.1. The molecule has 2 bridgehead atoms. The zero-order valence-electron chi connectivity index (χ0n) is 29.6. The molecule has 1 saturated heterocycles. The SMILES string of the molecule is COc1c(CN2O[C@@H](CO)[C@H]([C@H](C)O)[C@H]2C(=O)N[C@H]2C[C@H]3C[C@@H]([C@@H]2C)C3(C)C)cccc1-c1cc(Br)cc(C(=O)NCCc2ccccc2)c1. The van der Waals surface area contributed by atoms with Crippen LogP contribution in [0.3, 0.4) is 0 Å². The van der Waals surface area contributed by atoms with Crippen molar-refractivity contribution in [3.8, 4) is 16.9 Å². The highest BCUT2D eigenvalue weighted by Crippen LogP contribution is 2.61. The summed E-state index contributed by atoms with van der Waals surface area (Å²) < 4.78 is 6.74. The van der Waals surface area contributed by atoms with Crippen molar-refractivity contribution < 1.29 is 29.4 Å². The quantitative estimate of drug-likeness (QED) is 0.186. The Bertz CT molecular complexity index is 1680. The Morgan fingerprint density at radius 1 is 1.10 bits per heavy atom. The summed E-state index contributed by atoms with van der Waals surface area (Å²) in [5.74, 6) is 1.05. The lowest BCUT2D eigenvalue weighted by Crippen LogP contribution is -2.62. The summed E-state index contributed by atoms with van der Waals surface area (Å²) in [6, 6.07) is 20.6. The fraction of sp³-hybridized carbons (Fsp3) is 0.500. The number of benzene rings is 3. The van der Waals surface area contributed by atoms with E-state index in [1.807, 2.05) is 60.7 Å². The third-order valence-corrected chi connectivity index (χ3v) is 12.2. The number of nitrogens with zero attached hydrogens (tertiary/aromatic N) is 1. The van der Waals surface area contributed by atoms with E-state index in [0.717, 1.165) is 39.6 Å². The minimum atomic E-state index is -0.892. The maximum atomic E-state index is 14.2. The van der Waals surface area contributed by atoms with Crippen molar-refractivity contribution in [3.63, 3.8) is 0 Å². The summed E-state index contributed by atoms with van der Waals surface area (Å²) in [5.41, 5.74) is 4.27. The van der Waals surface area contributed by atoms with E-state index in [0.29, 0.717) is 35.6 Å². The Hall–Kier alpha value is -3.28. The average molecular weight is 749 g/mol. The van der Waals surface area contributed by atoms with Gasteiger partial charge in [0.1, 0.15) is 17.9 Å². The highest BCUT2D eigenvalue weighted by atomic mass is 79.9. The van der Waals surface area contributed by atoms with E-state index in [1.165, 1.54) is 6.42 Å². The number of hydrogen-bond donors (Lipinski definition) is 4. The lowest BCUT2D eigenvalue weighted by atomic mass is 9.45. The van der Waals surface area contributed by atoms with Crippen molar-refractivity contribution in [2.24, 2.45) is 29.1 Å². The lowest BCUT2D eigenvalue weighted by Gasteiger charge is -2.62. The Kier molecular flexibility index (Phi) is 11.1. The number of carbonyl (C=O) groups excluding carboxylic acids is 2. The van der Waals surface area contributed by atoms with Crippen LogP contribution in [-0.4, -0.2) is 71.6 Å². The van der Waals surface area contributed by atoms with Gasteiger partial charge in [-0.05, 0) is 78.7 Å². The van der Waals surface area contributed by atoms with E-state index >= 15 is 0 Å². The van der Waals surface area contributed by atoms with Crippen molar-refractivity contribution in [1.82, 2.24) is 15.7 Å². The van der Waals surface area contributed by atoms with E-state index < -0.39 is 24.2 Å². The summed E-state index contributed by atoms with van der Waals surface area (Å²) in [4.78, 5) is 33.6. The zero-order chi connectivity index (χ0) is 35.7. The molecule has 3 aliphatic carbocycles. The van der Waals surface area contributed by atoms with Crippen molar-refractivity contribution >= 4 is 27.7 Å². The van der Waals surface area contributed by atoms with Gasteiger partial charge in [-0.25, -0.2) is 0 Å². The summed E-state index contributed by atoms with van der Waals surface area (Å²) in [5, 5.41) is 29.1. The maximum absolute atomic E-state index is 14.2. The van der Waals surface area contributed by atoms with E-state index in [4.69, 9.17) is 9.57 Å². The molecule has 1 aliphatic heterocycles. The van der Waals surface area contributed by atoms with Crippen LogP contribution in [0.15, 0.2) is 71.2 Å². The molecule has 50 heavy (non-hydrogen) atoms. The Morgan fingerprint density at radius 3 is 2.52 bits per heavy atom. The van der Waals surface area contributed by atoms with E-state index in [2.05, 4.69) is 47.3 Å². The molecule has 3 aromatic carbocycles. The number of carbonyl (C=O) groups is 2. The number of halogens is 1. The predicted molar refractivity (Wildman–Crippen MR) is 196 cm³/mol. The number of nitrogens with one attached hydrogen (secondary N) is 2. The minimum Gasteiger partial charge on any atom is -0.496 e. The van der Waals surface area contributed by atoms with Crippen LogP contribution in [0.5, 0.6) is 5.75 Å². The van der Waals surface area contributed by atoms with Gasteiger partial charge >= 0.3 is 0 Å². The van der Waals surface area contributed by atoms with Crippen molar-refractivity contribution in [2.45, 2.75) is 77.8 Å². The fourth-order valence-corrected chi connectivity index (χ4v) is 9.27. The smallest absolute Gasteiger partial charge is 0.251 e. The van der Waals surface area contributed by atoms with Crippen LogP contribution in [0.2, 0.25) is 0 Å². The third-order valence-electron chi connectivity index (χ3n) is 11.7. The van der Waals surface area contributed by atoms with Gasteiger partial charge in [0.05, 0.1) is 26.4 Å². The van der Waals surface area contributed by atoms with Gasteiger partial charge in [-0.2, -0.15) is 5.06 Å². The molecule has 0 aromatic heterocycles. The number of aliphatic hydroxyl groups is 2. The predicted octanol–water partition coefficient (Wildman–Crippen LogP) is 5.76. The molecule has 3 saturated carbocycles. The van der Waals surface area contributed by atoms with Gasteiger partial charge in [-0.15, -0.1) is 0 Å². The maximum Gasteiger partial charge on any atom is 0.251 e. The number of fused-ring (bicyclic) bond motifs is 2. The first kappa shape index (κ1) is 36.5. The lowest BCUT2D eigenvalue weighted by molar-refractivity contribution is -0.183. The first-order chi connectivity index (χ1) is 23.9. The van der Waals surface area contributed by atoms with Crippen LogP contribution in [0.4, 0.5) is 0 Å². The molecule has 1 heterocycles. The standard InChI is InChI=1S/C40H50BrN3O6/c1-23-32-19-29(40(32,3)4)20-33(23)43-39(48)36-35(24(2)46)34(22-45)50-44(36)21-26-12-9-13-31(37(26)49-5)27-16-28(18-30(41)17-27)38(47)42-15-14-25-10-7-6-8-11-25/h6-13,16-18,23-24,29,32-36,45-46H,14-15,19-22H2,1-5H3,(H,42,47)(H,43,48)/t23-,24-,29+,32-,33-,34-,35-,36-/m0/s1. The Labute approximate surface area is 303 Å². The monoisotopic (exact) mass is 747 g/mol. The highest BCUT2D eigenvalue weighted by Gasteiger charge is 2.57. The Morgan fingerprint density at radius 2 is 1.86 bits per heavy atom. The largest absolute Gasteiger partial charge is 0.496 e. The highest BCUT2D eigenvalue weighted by molar-refractivity contribution is 9.10. The normalized spacial score (nSPS) is 27.6. The summed E-state index contributed by atoms with van der Waals surface area (Å²) in [7, 11) is 1.60. The number of ether oxygens (including phenoxy) is 1. The Balaban J connectivity index is 1.23. The molecule has 2 amide bonds. The fourth-order valence-electron chi connectivity index (χ4n) is 8.77. The summed E-state index contributed by atoms with van der Waals surface area (Å²) >= 11 is 3.59. The topological polar surface area (TPSA) is 120 Å². The molecule has 3 aromatic rings.